The molecule has 1 aromatic rings. The summed E-state index contributed by atoms with van der Waals surface area (Å²) in [7, 11) is 0. The summed E-state index contributed by atoms with van der Waals surface area (Å²) in [5.74, 6) is 0. The first kappa shape index (κ1) is 19.1. The van der Waals surface area contributed by atoms with E-state index in [-0.39, 0.29) is 26.3 Å². The van der Waals surface area contributed by atoms with Gasteiger partial charge in [-0.2, -0.15) is 0 Å². The fourth-order valence-electron chi connectivity index (χ4n) is 2.63. The summed E-state index contributed by atoms with van der Waals surface area (Å²) in [4.78, 5) is 25.6. The van der Waals surface area contributed by atoms with Crippen molar-refractivity contribution in [1.82, 2.24) is 10.2 Å². The number of rotatable bonds is 5. The average Bonchev–Trinajstić information content (AvgIpc) is 2.49. The third-order valence-electron chi connectivity index (χ3n) is 3.81. The van der Waals surface area contributed by atoms with Crippen molar-refractivity contribution in [1.29, 1.82) is 0 Å². The van der Waals surface area contributed by atoms with Crippen LogP contribution in [0.4, 0.5) is 9.59 Å². The molecule has 2 N–H and O–H groups in total. The molecule has 138 valence electrons. The topological polar surface area (TPSA) is 88.1 Å². The zero-order chi connectivity index (χ0) is 18.5. The van der Waals surface area contributed by atoms with E-state index in [4.69, 9.17) is 9.47 Å². The van der Waals surface area contributed by atoms with E-state index < -0.39 is 23.3 Å². The van der Waals surface area contributed by atoms with Crippen LogP contribution in [0.25, 0.3) is 0 Å². The van der Waals surface area contributed by atoms with Crippen LogP contribution in [0.3, 0.4) is 0 Å². The number of hydrogen-bond donors (Lipinski definition) is 2. The van der Waals surface area contributed by atoms with Crippen LogP contribution in [-0.4, -0.2) is 53.0 Å². The lowest BCUT2D eigenvalue weighted by Crippen LogP contribution is -2.71. The van der Waals surface area contributed by atoms with Crippen molar-refractivity contribution in [3.05, 3.63) is 35.9 Å². The van der Waals surface area contributed by atoms with Gasteiger partial charge in [0.1, 0.15) is 12.2 Å². The molecule has 2 rings (SSSR count). The second-order valence-corrected chi connectivity index (χ2v) is 7.28. The maximum atomic E-state index is 12.1. The molecule has 1 fully saturated rings. The predicted molar refractivity (Wildman–Crippen MR) is 92.0 cm³/mol. The molecule has 0 saturated carbocycles. The summed E-state index contributed by atoms with van der Waals surface area (Å²) >= 11 is 0. The number of carbonyl (C=O) groups excluding carboxylic acids is 2. The van der Waals surface area contributed by atoms with Crippen LogP contribution in [0.1, 0.15) is 32.8 Å². The van der Waals surface area contributed by atoms with Crippen LogP contribution in [0.2, 0.25) is 0 Å². The number of carbonyl (C=O) groups is 2. The van der Waals surface area contributed by atoms with Gasteiger partial charge < -0.3 is 24.8 Å². The standard InChI is InChI=1S/C18H26N2O5/c1-17(2,3)25-16(23)20-12-18(13-20,9-10-21)19-15(22)24-11-14-7-5-4-6-8-14/h4-8,21H,9-13H2,1-3H3,(H,19,22). The van der Waals surface area contributed by atoms with E-state index in [1.165, 1.54) is 4.90 Å². The quantitative estimate of drug-likeness (QED) is 0.851. The van der Waals surface area contributed by atoms with E-state index in [1.54, 1.807) is 20.8 Å². The van der Waals surface area contributed by atoms with E-state index in [0.29, 0.717) is 6.42 Å². The third-order valence-corrected chi connectivity index (χ3v) is 3.81. The Morgan fingerprint density at radius 3 is 2.44 bits per heavy atom. The maximum Gasteiger partial charge on any atom is 0.410 e. The van der Waals surface area contributed by atoms with Crippen molar-refractivity contribution in [2.45, 2.75) is 44.9 Å². The van der Waals surface area contributed by atoms with Gasteiger partial charge in [-0.15, -0.1) is 0 Å². The van der Waals surface area contributed by atoms with Crippen LogP contribution in [0.5, 0.6) is 0 Å². The average molecular weight is 350 g/mol. The summed E-state index contributed by atoms with van der Waals surface area (Å²) in [6.07, 6.45) is -0.658. The molecule has 0 spiro atoms. The van der Waals surface area contributed by atoms with E-state index in [0.717, 1.165) is 5.56 Å². The van der Waals surface area contributed by atoms with Crippen molar-refractivity contribution in [3.8, 4) is 0 Å². The molecule has 7 heteroatoms. The highest BCUT2D eigenvalue weighted by Gasteiger charge is 2.47. The van der Waals surface area contributed by atoms with Crippen molar-refractivity contribution in [2.75, 3.05) is 19.7 Å². The molecule has 7 nitrogen and oxygen atoms in total. The summed E-state index contributed by atoms with van der Waals surface area (Å²) in [6.45, 7) is 6.02. The summed E-state index contributed by atoms with van der Waals surface area (Å²) < 4.78 is 10.5. The number of ether oxygens (including phenoxy) is 2. The molecular formula is C18H26N2O5. The number of alkyl carbamates (subject to hydrolysis) is 1. The number of benzene rings is 1. The van der Waals surface area contributed by atoms with Crippen LogP contribution in [0.15, 0.2) is 30.3 Å². The molecule has 1 saturated heterocycles. The van der Waals surface area contributed by atoms with Crippen LogP contribution < -0.4 is 5.32 Å². The Morgan fingerprint density at radius 2 is 1.88 bits per heavy atom. The molecule has 0 unspecified atom stereocenters. The maximum absolute atomic E-state index is 12.1. The molecule has 2 amide bonds. The van der Waals surface area contributed by atoms with Crippen LogP contribution >= 0.6 is 0 Å². The normalized spacial score (nSPS) is 15.9. The van der Waals surface area contributed by atoms with Crippen LogP contribution in [0, 0.1) is 0 Å². The van der Waals surface area contributed by atoms with E-state index >= 15 is 0 Å². The Labute approximate surface area is 147 Å². The number of aliphatic hydroxyl groups excluding tert-OH is 1. The van der Waals surface area contributed by atoms with Crippen molar-refractivity contribution < 1.29 is 24.2 Å². The monoisotopic (exact) mass is 350 g/mol. The van der Waals surface area contributed by atoms with Gasteiger partial charge in [0, 0.05) is 19.7 Å². The molecule has 0 bridgehead atoms. The zero-order valence-corrected chi connectivity index (χ0v) is 14.9. The SMILES string of the molecule is CC(C)(C)OC(=O)N1CC(CCO)(NC(=O)OCc2ccccc2)C1. The molecule has 1 aliphatic heterocycles. The van der Waals surface area contributed by atoms with Crippen molar-refractivity contribution in [2.24, 2.45) is 0 Å². The third kappa shape index (κ3) is 5.63. The molecule has 1 aromatic carbocycles. The number of amides is 2. The Bertz CT molecular complexity index is 591. The fraction of sp³-hybridized carbons (Fsp3) is 0.556. The van der Waals surface area contributed by atoms with E-state index in [1.807, 2.05) is 30.3 Å². The first-order valence-corrected chi connectivity index (χ1v) is 8.31. The molecule has 0 radical (unpaired) electrons. The first-order valence-electron chi connectivity index (χ1n) is 8.31. The van der Waals surface area contributed by atoms with Gasteiger partial charge in [0.05, 0.1) is 5.54 Å². The van der Waals surface area contributed by atoms with Gasteiger partial charge in [-0.25, -0.2) is 9.59 Å². The Kier molecular flexibility index (Phi) is 5.89. The Balaban J connectivity index is 1.85. The Hall–Kier alpha value is -2.28. The van der Waals surface area contributed by atoms with Gasteiger partial charge in [0.25, 0.3) is 0 Å². The molecule has 1 heterocycles. The van der Waals surface area contributed by atoms with E-state index in [2.05, 4.69) is 5.32 Å². The molecule has 25 heavy (non-hydrogen) atoms. The highest BCUT2D eigenvalue weighted by molar-refractivity contribution is 5.72. The number of hydrogen-bond acceptors (Lipinski definition) is 5. The van der Waals surface area contributed by atoms with Gasteiger partial charge in [-0.1, -0.05) is 30.3 Å². The highest BCUT2D eigenvalue weighted by Crippen LogP contribution is 2.26. The number of aliphatic hydroxyl groups is 1. The first-order chi connectivity index (χ1) is 11.7. The smallest absolute Gasteiger partial charge is 0.410 e. The number of nitrogens with one attached hydrogen (secondary N) is 1. The van der Waals surface area contributed by atoms with E-state index in [9.17, 15) is 14.7 Å². The molecule has 0 aromatic heterocycles. The minimum absolute atomic E-state index is 0.0961. The minimum Gasteiger partial charge on any atom is -0.445 e. The molecular weight excluding hydrogens is 324 g/mol. The summed E-state index contributed by atoms with van der Waals surface area (Å²) in [5, 5.41) is 12.1. The Morgan fingerprint density at radius 1 is 1.24 bits per heavy atom. The van der Waals surface area contributed by atoms with Crippen LogP contribution in [-0.2, 0) is 16.1 Å². The lowest BCUT2D eigenvalue weighted by Gasteiger charge is -2.49. The fourth-order valence-corrected chi connectivity index (χ4v) is 2.63. The largest absolute Gasteiger partial charge is 0.445 e. The highest BCUT2D eigenvalue weighted by atomic mass is 16.6. The van der Waals surface area contributed by atoms with Gasteiger partial charge in [0.15, 0.2) is 0 Å². The van der Waals surface area contributed by atoms with Gasteiger partial charge in [-0.3, -0.25) is 0 Å². The summed E-state index contributed by atoms with van der Waals surface area (Å²) in [5.41, 5.74) is -0.369. The predicted octanol–water partition coefficient (Wildman–Crippen LogP) is 2.28. The van der Waals surface area contributed by atoms with Crippen molar-refractivity contribution >= 4 is 12.2 Å². The van der Waals surface area contributed by atoms with Crippen molar-refractivity contribution in [3.63, 3.8) is 0 Å². The summed E-state index contributed by atoms with van der Waals surface area (Å²) in [6, 6.07) is 9.36. The number of likely N-dealkylation sites (tertiary alicyclic amines) is 1. The minimum atomic E-state index is -0.681. The lowest BCUT2D eigenvalue weighted by molar-refractivity contribution is -0.0225. The second kappa shape index (κ2) is 7.74. The molecule has 0 aliphatic carbocycles. The number of nitrogens with zero attached hydrogens (tertiary/aromatic N) is 1. The van der Waals surface area contributed by atoms with Gasteiger partial charge in [0.2, 0.25) is 0 Å². The van der Waals surface area contributed by atoms with Gasteiger partial charge in [-0.05, 0) is 32.8 Å². The molecule has 1 aliphatic rings. The second-order valence-electron chi connectivity index (χ2n) is 7.28. The molecule has 0 atom stereocenters. The lowest BCUT2D eigenvalue weighted by atomic mass is 9.87. The van der Waals surface area contributed by atoms with Gasteiger partial charge >= 0.3 is 12.2 Å². The zero-order valence-electron chi connectivity index (χ0n) is 14.9.